The van der Waals surface area contributed by atoms with E-state index in [4.69, 9.17) is 0 Å². The summed E-state index contributed by atoms with van der Waals surface area (Å²) < 4.78 is 0. The molecule has 2 rings (SSSR count). The fraction of sp³-hybridized carbons (Fsp3) is 0.538. The zero-order chi connectivity index (χ0) is 9.97. The van der Waals surface area contributed by atoms with Crippen LogP contribution < -0.4 is 4.90 Å². The molecule has 1 heteroatoms. The van der Waals surface area contributed by atoms with Gasteiger partial charge in [-0.25, -0.2) is 0 Å². The lowest BCUT2D eigenvalue weighted by atomic mass is 9.91. The molecule has 1 aliphatic rings. The molecule has 1 heterocycles. The molecule has 1 fully saturated rings. The standard InChI is InChI=1S/C13H19N/c1-11-8-12(2)10-14(9-11)13-6-4-3-5-7-13/h3-7,11-12H,8-10H2,1-2H3/t11-,12-/m0/s1. The van der Waals surface area contributed by atoms with Crippen LogP contribution in [0.15, 0.2) is 30.3 Å². The molecule has 1 aliphatic heterocycles. The van der Waals surface area contributed by atoms with Gasteiger partial charge in [-0.3, -0.25) is 0 Å². The Bertz CT molecular complexity index is 271. The van der Waals surface area contributed by atoms with E-state index in [1.54, 1.807) is 0 Å². The van der Waals surface area contributed by atoms with Crippen molar-refractivity contribution in [3.05, 3.63) is 30.3 Å². The van der Waals surface area contributed by atoms with Crippen LogP contribution >= 0.6 is 0 Å². The van der Waals surface area contributed by atoms with Crippen molar-refractivity contribution in [2.75, 3.05) is 18.0 Å². The molecule has 76 valence electrons. The number of nitrogens with zero attached hydrogens (tertiary/aromatic N) is 1. The van der Waals surface area contributed by atoms with Crippen LogP contribution in [0.1, 0.15) is 20.3 Å². The van der Waals surface area contributed by atoms with Gasteiger partial charge in [0.25, 0.3) is 0 Å². The van der Waals surface area contributed by atoms with Crippen molar-refractivity contribution >= 4 is 5.69 Å². The van der Waals surface area contributed by atoms with E-state index in [9.17, 15) is 0 Å². The largest absolute Gasteiger partial charge is 0.371 e. The van der Waals surface area contributed by atoms with E-state index >= 15 is 0 Å². The molecule has 1 nitrogen and oxygen atoms in total. The van der Waals surface area contributed by atoms with E-state index in [2.05, 4.69) is 49.1 Å². The smallest absolute Gasteiger partial charge is 0.0366 e. The first-order chi connectivity index (χ1) is 6.75. The van der Waals surface area contributed by atoms with Crippen LogP contribution in [-0.2, 0) is 0 Å². The minimum atomic E-state index is 0.832. The predicted molar refractivity (Wildman–Crippen MR) is 61.6 cm³/mol. The summed E-state index contributed by atoms with van der Waals surface area (Å²) in [7, 11) is 0. The molecule has 0 unspecified atom stereocenters. The maximum absolute atomic E-state index is 2.51. The van der Waals surface area contributed by atoms with Gasteiger partial charge in [-0.1, -0.05) is 32.0 Å². The second kappa shape index (κ2) is 4.04. The van der Waals surface area contributed by atoms with Gasteiger partial charge >= 0.3 is 0 Å². The molecule has 0 saturated carbocycles. The molecule has 14 heavy (non-hydrogen) atoms. The van der Waals surface area contributed by atoms with Crippen molar-refractivity contribution in [3.8, 4) is 0 Å². The third-order valence-electron chi connectivity index (χ3n) is 2.99. The average molecular weight is 189 g/mol. The zero-order valence-corrected chi connectivity index (χ0v) is 9.11. The van der Waals surface area contributed by atoms with Gasteiger partial charge in [-0.15, -0.1) is 0 Å². The average Bonchev–Trinajstić information content (AvgIpc) is 2.18. The van der Waals surface area contributed by atoms with Crippen molar-refractivity contribution in [1.29, 1.82) is 0 Å². The van der Waals surface area contributed by atoms with Crippen molar-refractivity contribution in [3.63, 3.8) is 0 Å². The summed E-state index contributed by atoms with van der Waals surface area (Å²) in [4.78, 5) is 2.51. The predicted octanol–water partition coefficient (Wildman–Crippen LogP) is 3.17. The molecule has 0 aliphatic carbocycles. The Morgan fingerprint density at radius 3 is 2.14 bits per heavy atom. The molecule has 1 saturated heterocycles. The van der Waals surface area contributed by atoms with Gasteiger partial charge in [0.1, 0.15) is 0 Å². The lowest BCUT2D eigenvalue weighted by Gasteiger charge is -2.36. The normalized spacial score (nSPS) is 27.7. The number of anilines is 1. The maximum atomic E-state index is 2.51. The molecular formula is C13H19N. The Balaban J connectivity index is 2.11. The third kappa shape index (κ3) is 2.09. The SMILES string of the molecule is C[C@H]1C[C@H](C)CN(c2ccccc2)C1. The van der Waals surface area contributed by atoms with Crippen LogP contribution in [0.3, 0.4) is 0 Å². The van der Waals surface area contributed by atoms with Gasteiger partial charge in [0.05, 0.1) is 0 Å². The summed E-state index contributed by atoms with van der Waals surface area (Å²) >= 11 is 0. The maximum Gasteiger partial charge on any atom is 0.0366 e. The zero-order valence-electron chi connectivity index (χ0n) is 9.11. The van der Waals surface area contributed by atoms with Crippen LogP contribution in [-0.4, -0.2) is 13.1 Å². The summed E-state index contributed by atoms with van der Waals surface area (Å²) in [6, 6.07) is 10.8. The van der Waals surface area contributed by atoms with Gasteiger partial charge in [0, 0.05) is 18.8 Å². The summed E-state index contributed by atoms with van der Waals surface area (Å²) in [5.74, 6) is 1.66. The van der Waals surface area contributed by atoms with Gasteiger partial charge in [0.2, 0.25) is 0 Å². The number of piperidine rings is 1. The quantitative estimate of drug-likeness (QED) is 0.656. The fourth-order valence-corrected chi connectivity index (χ4v) is 2.51. The number of hydrogen-bond donors (Lipinski definition) is 0. The first-order valence-electron chi connectivity index (χ1n) is 5.55. The highest BCUT2D eigenvalue weighted by Crippen LogP contribution is 2.25. The van der Waals surface area contributed by atoms with Crippen LogP contribution in [0, 0.1) is 11.8 Å². The molecule has 0 radical (unpaired) electrons. The fourth-order valence-electron chi connectivity index (χ4n) is 2.51. The van der Waals surface area contributed by atoms with Crippen LogP contribution in [0.5, 0.6) is 0 Å². The van der Waals surface area contributed by atoms with Crippen LogP contribution in [0.25, 0.3) is 0 Å². The summed E-state index contributed by atoms with van der Waals surface area (Å²) in [6.45, 7) is 7.14. The summed E-state index contributed by atoms with van der Waals surface area (Å²) in [6.07, 6.45) is 1.38. The highest BCUT2D eigenvalue weighted by Gasteiger charge is 2.21. The van der Waals surface area contributed by atoms with Gasteiger partial charge < -0.3 is 4.90 Å². The minimum absolute atomic E-state index is 0.832. The number of para-hydroxylation sites is 1. The third-order valence-corrected chi connectivity index (χ3v) is 2.99. The Labute approximate surface area is 86.7 Å². The lowest BCUT2D eigenvalue weighted by Crippen LogP contribution is -2.38. The van der Waals surface area contributed by atoms with Crippen LogP contribution in [0.4, 0.5) is 5.69 Å². The van der Waals surface area contributed by atoms with E-state index in [0.717, 1.165) is 11.8 Å². The molecule has 1 aromatic carbocycles. The molecular weight excluding hydrogens is 170 g/mol. The molecule has 0 amide bonds. The molecule has 1 aromatic rings. The van der Waals surface area contributed by atoms with E-state index in [0.29, 0.717) is 0 Å². The molecule has 2 atom stereocenters. The monoisotopic (exact) mass is 189 g/mol. The van der Waals surface area contributed by atoms with Crippen molar-refractivity contribution in [2.24, 2.45) is 11.8 Å². The molecule has 0 bridgehead atoms. The van der Waals surface area contributed by atoms with E-state index in [1.165, 1.54) is 25.2 Å². The van der Waals surface area contributed by atoms with Gasteiger partial charge in [0.15, 0.2) is 0 Å². The first kappa shape index (κ1) is 9.57. The summed E-state index contributed by atoms with van der Waals surface area (Å²) in [5.41, 5.74) is 1.38. The second-order valence-corrected chi connectivity index (χ2v) is 4.69. The second-order valence-electron chi connectivity index (χ2n) is 4.69. The highest BCUT2D eigenvalue weighted by atomic mass is 15.1. The van der Waals surface area contributed by atoms with Gasteiger partial charge in [-0.05, 0) is 30.4 Å². The van der Waals surface area contributed by atoms with Crippen molar-refractivity contribution in [1.82, 2.24) is 0 Å². The summed E-state index contributed by atoms with van der Waals surface area (Å²) in [5, 5.41) is 0. The Kier molecular flexibility index (Phi) is 2.76. The van der Waals surface area contributed by atoms with Crippen LogP contribution in [0.2, 0.25) is 0 Å². The topological polar surface area (TPSA) is 3.24 Å². The molecule has 0 spiro atoms. The Morgan fingerprint density at radius 1 is 1.00 bits per heavy atom. The molecule has 0 N–H and O–H groups in total. The van der Waals surface area contributed by atoms with E-state index in [-0.39, 0.29) is 0 Å². The first-order valence-corrected chi connectivity index (χ1v) is 5.55. The van der Waals surface area contributed by atoms with Gasteiger partial charge in [-0.2, -0.15) is 0 Å². The number of benzene rings is 1. The molecule has 0 aromatic heterocycles. The van der Waals surface area contributed by atoms with E-state index < -0.39 is 0 Å². The number of hydrogen-bond acceptors (Lipinski definition) is 1. The highest BCUT2D eigenvalue weighted by molar-refractivity contribution is 5.46. The van der Waals surface area contributed by atoms with Crippen molar-refractivity contribution in [2.45, 2.75) is 20.3 Å². The Morgan fingerprint density at radius 2 is 1.57 bits per heavy atom. The minimum Gasteiger partial charge on any atom is -0.371 e. The Hall–Kier alpha value is -0.980. The van der Waals surface area contributed by atoms with Crippen molar-refractivity contribution < 1.29 is 0 Å². The lowest BCUT2D eigenvalue weighted by molar-refractivity contribution is 0.357. The number of rotatable bonds is 1. The van der Waals surface area contributed by atoms with E-state index in [1.807, 2.05) is 0 Å².